The van der Waals surface area contributed by atoms with Crippen LogP contribution in [0.5, 0.6) is 5.75 Å². The Bertz CT molecular complexity index is 450. The van der Waals surface area contributed by atoms with E-state index in [1.807, 2.05) is 31.2 Å². The van der Waals surface area contributed by atoms with Crippen LogP contribution in [0.4, 0.5) is 5.69 Å². The second kappa shape index (κ2) is 5.93. The van der Waals surface area contributed by atoms with E-state index in [0.717, 1.165) is 11.4 Å². The van der Waals surface area contributed by atoms with Crippen LogP contribution in [0.25, 0.3) is 0 Å². The minimum atomic E-state index is -0.342. The summed E-state index contributed by atoms with van der Waals surface area (Å²) in [6.07, 6.45) is 0. The molecule has 0 spiro atoms. The lowest BCUT2D eigenvalue weighted by Gasteiger charge is -2.41. The number of nitrogens with zero attached hydrogens (tertiary/aromatic N) is 1. The Morgan fingerprint density at radius 1 is 1.47 bits per heavy atom. The minimum absolute atomic E-state index is 0.0214. The number of carbonyl (C=O) groups is 1. The quantitative estimate of drug-likeness (QED) is 0.840. The van der Waals surface area contributed by atoms with Crippen molar-refractivity contribution in [3.05, 3.63) is 24.3 Å². The highest BCUT2D eigenvalue weighted by Gasteiger charge is 2.34. The first-order valence-electron chi connectivity index (χ1n) is 6.67. The van der Waals surface area contributed by atoms with Crippen LogP contribution in [-0.4, -0.2) is 37.7 Å². The van der Waals surface area contributed by atoms with Crippen molar-refractivity contribution < 1.29 is 9.53 Å². The van der Waals surface area contributed by atoms with E-state index in [1.165, 1.54) is 0 Å². The van der Waals surface area contributed by atoms with Crippen LogP contribution in [0.3, 0.4) is 0 Å². The number of nitrogens with one attached hydrogen (secondary N) is 1. The first-order valence-corrected chi connectivity index (χ1v) is 6.67. The summed E-state index contributed by atoms with van der Waals surface area (Å²) in [5.74, 6) is 0.775. The molecule has 1 amide bonds. The summed E-state index contributed by atoms with van der Waals surface area (Å²) in [4.78, 5) is 14.0. The number of piperazine rings is 1. The van der Waals surface area contributed by atoms with Gasteiger partial charge >= 0.3 is 0 Å². The van der Waals surface area contributed by atoms with E-state index in [2.05, 4.69) is 17.1 Å². The van der Waals surface area contributed by atoms with Gasteiger partial charge < -0.3 is 20.7 Å². The molecule has 3 N–H and O–H groups in total. The molecule has 0 saturated carbocycles. The zero-order valence-electron chi connectivity index (χ0n) is 11.4. The van der Waals surface area contributed by atoms with Gasteiger partial charge in [0.1, 0.15) is 11.8 Å². The summed E-state index contributed by atoms with van der Waals surface area (Å²) >= 11 is 0. The van der Waals surface area contributed by atoms with Gasteiger partial charge in [-0.2, -0.15) is 0 Å². The maximum atomic E-state index is 12.0. The zero-order valence-corrected chi connectivity index (χ0v) is 11.4. The van der Waals surface area contributed by atoms with Crippen LogP contribution < -0.4 is 20.7 Å². The minimum Gasteiger partial charge on any atom is -0.492 e. The molecule has 19 heavy (non-hydrogen) atoms. The van der Waals surface area contributed by atoms with Crippen LogP contribution >= 0.6 is 0 Å². The second-order valence-electron chi connectivity index (χ2n) is 4.65. The molecule has 1 heterocycles. The van der Waals surface area contributed by atoms with Crippen LogP contribution in [-0.2, 0) is 4.79 Å². The first kappa shape index (κ1) is 13.7. The number of hydrogen-bond donors (Lipinski definition) is 2. The first-order chi connectivity index (χ1) is 9.19. The molecule has 1 aromatic carbocycles. The zero-order chi connectivity index (χ0) is 13.8. The topological polar surface area (TPSA) is 67.6 Å². The van der Waals surface area contributed by atoms with Gasteiger partial charge in [0.25, 0.3) is 0 Å². The number of amides is 1. The maximum absolute atomic E-state index is 12.0. The lowest BCUT2D eigenvalue weighted by Crippen LogP contribution is -2.62. The third-order valence-corrected chi connectivity index (χ3v) is 3.35. The van der Waals surface area contributed by atoms with Crippen LogP contribution in [0.1, 0.15) is 13.8 Å². The number of anilines is 1. The normalized spacial score (nSPS) is 23.1. The van der Waals surface area contributed by atoms with Gasteiger partial charge in [0.2, 0.25) is 5.91 Å². The third-order valence-electron chi connectivity index (χ3n) is 3.35. The summed E-state index contributed by atoms with van der Waals surface area (Å²) in [7, 11) is 0. The molecular weight excluding hydrogens is 242 g/mol. The van der Waals surface area contributed by atoms with E-state index in [-0.39, 0.29) is 24.5 Å². The number of ether oxygens (including phenoxy) is 1. The van der Waals surface area contributed by atoms with Gasteiger partial charge in [-0.15, -0.1) is 0 Å². The summed E-state index contributed by atoms with van der Waals surface area (Å²) in [5, 5.41) is 2.88. The molecule has 1 saturated heterocycles. The molecule has 5 heteroatoms. The Morgan fingerprint density at radius 2 is 2.21 bits per heavy atom. The summed E-state index contributed by atoms with van der Waals surface area (Å²) in [6.45, 7) is 5.53. The van der Waals surface area contributed by atoms with Gasteiger partial charge in [0.15, 0.2) is 0 Å². The fourth-order valence-electron chi connectivity index (χ4n) is 2.47. The van der Waals surface area contributed by atoms with E-state index < -0.39 is 0 Å². The summed E-state index contributed by atoms with van der Waals surface area (Å²) < 4.78 is 5.65. The Kier molecular flexibility index (Phi) is 4.27. The van der Waals surface area contributed by atoms with E-state index in [1.54, 1.807) is 0 Å². The van der Waals surface area contributed by atoms with Crippen molar-refractivity contribution in [1.29, 1.82) is 0 Å². The predicted molar refractivity (Wildman–Crippen MR) is 75.4 cm³/mol. The molecule has 5 nitrogen and oxygen atoms in total. The summed E-state index contributed by atoms with van der Waals surface area (Å²) in [6, 6.07) is 7.62. The van der Waals surface area contributed by atoms with Gasteiger partial charge in [-0.1, -0.05) is 12.1 Å². The van der Waals surface area contributed by atoms with Gasteiger partial charge in [-0.05, 0) is 26.0 Å². The summed E-state index contributed by atoms with van der Waals surface area (Å²) in [5.41, 5.74) is 6.70. The Labute approximate surface area is 113 Å². The molecule has 1 fully saturated rings. The molecule has 0 aliphatic carbocycles. The van der Waals surface area contributed by atoms with Crippen molar-refractivity contribution in [2.75, 3.05) is 24.6 Å². The van der Waals surface area contributed by atoms with Crippen LogP contribution in [0, 0.1) is 0 Å². The molecule has 1 aromatic rings. The SMILES string of the molecule is CCOc1ccccc1N1C(C)CNC(=O)C1CN. The molecule has 2 rings (SSSR count). The average molecular weight is 263 g/mol. The third kappa shape index (κ3) is 2.66. The van der Waals surface area contributed by atoms with Gasteiger partial charge in [0, 0.05) is 19.1 Å². The Morgan fingerprint density at radius 3 is 2.89 bits per heavy atom. The molecule has 104 valence electrons. The van der Waals surface area contributed by atoms with Crippen molar-refractivity contribution in [2.45, 2.75) is 25.9 Å². The monoisotopic (exact) mass is 263 g/mol. The van der Waals surface area contributed by atoms with Crippen molar-refractivity contribution in [2.24, 2.45) is 5.73 Å². The Balaban J connectivity index is 2.39. The van der Waals surface area contributed by atoms with E-state index >= 15 is 0 Å². The van der Waals surface area contributed by atoms with Crippen molar-refractivity contribution >= 4 is 11.6 Å². The standard InChI is InChI=1S/C14H21N3O2/c1-3-19-13-7-5-4-6-11(13)17-10(2)9-16-14(18)12(17)8-15/h4-7,10,12H,3,8-9,15H2,1-2H3,(H,16,18). The maximum Gasteiger partial charge on any atom is 0.244 e. The molecule has 2 atom stereocenters. The van der Waals surface area contributed by atoms with Gasteiger partial charge in [0.05, 0.1) is 12.3 Å². The fraction of sp³-hybridized carbons (Fsp3) is 0.500. The number of hydrogen-bond acceptors (Lipinski definition) is 4. The number of rotatable bonds is 4. The van der Waals surface area contributed by atoms with Crippen molar-refractivity contribution in [3.8, 4) is 5.75 Å². The molecule has 0 aromatic heterocycles. The van der Waals surface area contributed by atoms with Crippen molar-refractivity contribution in [1.82, 2.24) is 5.32 Å². The predicted octanol–water partition coefficient (Wildman–Crippen LogP) is 0.737. The molecule has 1 aliphatic rings. The second-order valence-corrected chi connectivity index (χ2v) is 4.65. The number of carbonyl (C=O) groups excluding carboxylic acids is 1. The lowest BCUT2D eigenvalue weighted by atomic mass is 10.1. The molecule has 2 unspecified atom stereocenters. The lowest BCUT2D eigenvalue weighted by molar-refractivity contribution is -0.123. The van der Waals surface area contributed by atoms with E-state index in [9.17, 15) is 4.79 Å². The number of benzene rings is 1. The molecule has 0 bridgehead atoms. The van der Waals surface area contributed by atoms with Crippen LogP contribution in [0.2, 0.25) is 0 Å². The smallest absolute Gasteiger partial charge is 0.244 e. The molecule has 1 aliphatic heterocycles. The molecular formula is C14H21N3O2. The highest BCUT2D eigenvalue weighted by Crippen LogP contribution is 2.32. The Hall–Kier alpha value is -1.75. The highest BCUT2D eigenvalue weighted by atomic mass is 16.5. The van der Waals surface area contributed by atoms with Gasteiger partial charge in [-0.25, -0.2) is 0 Å². The largest absolute Gasteiger partial charge is 0.492 e. The van der Waals surface area contributed by atoms with Gasteiger partial charge in [-0.3, -0.25) is 4.79 Å². The van der Waals surface area contributed by atoms with Crippen molar-refractivity contribution in [3.63, 3.8) is 0 Å². The van der Waals surface area contributed by atoms with E-state index in [4.69, 9.17) is 10.5 Å². The van der Waals surface area contributed by atoms with E-state index in [0.29, 0.717) is 13.2 Å². The number of nitrogens with two attached hydrogens (primary N) is 1. The molecule has 0 radical (unpaired) electrons. The highest BCUT2D eigenvalue weighted by molar-refractivity contribution is 5.87. The average Bonchev–Trinajstić information content (AvgIpc) is 2.42. The number of para-hydroxylation sites is 2. The van der Waals surface area contributed by atoms with Crippen LogP contribution in [0.15, 0.2) is 24.3 Å². The fourth-order valence-corrected chi connectivity index (χ4v) is 2.47.